The van der Waals surface area contributed by atoms with Gasteiger partial charge in [-0.15, -0.1) is 0 Å². The monoisotopic (exact) mass is 602 g/mol. The number of urea groups is 1. The van der Waals surface area contributed by atoms with E-state index in [4.69, 9.17) is 0 Å². The second kappa shape index (κ2) is 9.51. The van der Waals surface area contributed by atoms with E-state index in [1.807, 2.05) is 20.8 Å². The van der Waals surface area contributed by atoms with Crippen molar-refractivity contribution in [1.29, 1.82) is 5.26 Å². The van der Waals surface area contributed by atoms with Crippen LogP contribution in [0.5, 0.6) is 0 Å². The lowest BCUT2D eigenvalue weighted by Crippen LogP contribution is -2.61. The molecule has 0 aromatic rings. The van der Waals surface area contributed by atoms with Crippen LogP contribution in [0.3, 0.4) is 0 Å². The lowest BCUT2D eigenvalue weighted by molar-refractivity contribution is -0.154. The summed E-state index contributed by atoms with van der Waals surface area (Å²) in [4.78, 5) is 56.9. The predicted octanol–water partition coefficient (Wildman–Crippen LogP) is 2.78. The van der Waals surface area contributed by atoms with Gasteiger partial charge in [0.2, 0.25) is 23.6 Å². The van der Waals surface area contributed by atoms with Gasteiger partial charge < -0.3 is 25.8 Å². The smallest absolute Gasteiger partial charge is 0.318 e. The Kier molecular flexibility index (Phi) is 6.65. The van der Waals surface area contributed by atoms with E-state index in [2.05, 4.69) is 35.9 Å². The van der Waals surface area contributed by atoms with Crippen LogP contribution < -0.4 is 16.0 Å². The molecule has 3 saturated heterocycles. The van der Waals surface area contributed by atoms with Gasteiger partial charge in [0.1, 0.15) is 18.1 Å². The first kappa shape index (κ1) is 30.1. The minimum atomic E-state index is -2.68. The number of amides is 5. The molecule has 0 bridgehead atoms. The third-order valence-electron chi connectivity index (χ3n) is 11.4. The number of carbonyl (C=O) groups excluding carboxylic acids is 4. The zero-order valence-electron chi connectivity index (χ0n) is 25.8. The fourth-order valence-electron chi connectivity index (χ4n) is 8.62. The average Bonchev–Trinajstić information content (AvgIpc) is 3.46. The van der Waals surface area contributed by atoms with Gasteiger partial charge in [0, 0.05) is 49.3 Å². The van der Waals surface area contributed by atoms with E-state index in [9.17, 15) is 33.2 Å². The van der Waals surface area contributed by atoms with Crippen LogP contribution in [0, 0.1) is 45.3 Å². The highest BCUT2D eigenvalue weighted by molar-refractivity contribution is 5.94. The van der Waals surface area contributed by atoms with E-state index in [0.29, 0.717) is 25.9 Å². The van der Waals surface area contributed by atoms with Crippen molar-refractivity contribution in [3.8, 4) is 6.07 Å². The summed E-state index contributed by atoms with van der Waals surface area (Å²) in [7, 11) is 0. The molecule has 0 radical (unpaired) electrons. The molecule has 6 rings (SSSR count). The molecular formula is C31H44F2N6O4. The first-order valence-corrected chi connectivity index (χ1v) is 15.7. The van der Waals surface area contributed by atoms with Gasteiger partial charge in [-0.2, -0.15) is 5.26 Å². The summed E-state index contributed by atoms with van der Waals surface area (Å²) in [5.74, 6) is -3.85. The molecule has 6 fully saturated rings. The molecule has 6 unspecified atom stereocenters. The average molecular weight is 603 g/mol. The topological polar surface area (TPSA) is 135 Å². The predicted molar refractivity (Wildman–Crippen MR) is 151 cm³/mol. The number of nitriles is 1. The number of alkyl halides is 2. The summed E-state index contributed by atoms with van der Waals surface area (Å²) in [6, 6.07) is -0.927. The minimum absolute atomic E-state index is 0.0771. The number of carbonyl (C=O) groups is 4. The summed E-state index contributed by atoms with van der Waals surface area (Å²) >= 11 is 0. The normalized spacial score (nSPS) is 33.2. The Bertz CT molecular complexity index is 1280. The molecule has 5 amide bonds. The molecule has 3 aliphatic heterocycles. The Labute approximate surface area is 251 Å². The number of piperidine rings is 1. The fraction of sp³-hybridized carbons (Fsp3) is 0.839. The number of fused-ring (bicyclic) bond motifs is 1. The molecule has 3 aliphatic carbocycles. The molecule has 3 N–H and O–H groups in total. The van der Waals surface area contributed by atoms with Gasteiger partial charge in [0.25, 0.3) is 0 Å². The summed E-state index contributed by atoms with van der Waals surface area (Å²) in [6.07, 6.45) is 2.85. The number of nitrogens with one attached hydrogen (secondary N) is 3. The van der Waals surface area contributed by atoms with E-state index >= 15 is 0 Å². The number of hydrogen-bond acceptors (Lipinski definition) is 5. The maximum Gasteiger partial charge on any atom is 0.318 e. The summed E-state index contributed by atoms with van der Waals surface area (Å²) in [5, 5.41) is 18.6. The highest BCUT2D eigenvalue weighted by Crippen LogP contribution is 2.65. The molecule has 6 aliphatic rings. The summed E-state index contributed by atoms with van der Waals surface area (Å²) in [6.45, 7) is 10.6. The first-order valence-electron chi connectivity index (χ1n) is 15.7. The van der Waals surface area contributed by atoms with Crippen molar-refractivity contribution >= 4 is 23.8 Å². The second-order valence-electron chi connectivity index (χ2n) is 16.1. The lowest BCUT2D eigenvalue weighted by atomic mass is 9.65. The Morgan fingerprint density at radius 1 is 1.14 bits per heavy atom. The quantitative estimate of drug-likeness (QED) is 0.430. The zero-order chi connectivity index (χ0) is 31.3. The van der Waals surface area contributed by atoms with E-state index in [-0.39, 0.29) is 66.3 Å². The highest BCUT2D eigenvalue weighted by Gasteiger charge is 2.70. The van der Waals surface area contributed by atoms with Crippen LogP contribution in [0.15, 0.2) is 0 Å². The van der Waals surface area contributed by atoms with Crippen molar-refractivity contribution in [2.75, 3.05) is 19.6 Å². The second-order valence-corrected chi connectivity index (χ2v) is 16.1. The van der Waals surface area contributed by atoms with Crippen LogP contribution in [-0.4, -0.2) is 82.8 Å². The SMILES string of the molecule is CC(C)(C)C(NC(=O)N1CCC2(C1)CC(F)(F)C2)C(=O)N1CC2C(C1C(=O)NC(C#N)CC1CC3(CC3)NC1=O)C2(C)C. The van der Waals surface area contributed by atoms with Gasteiger partial charge in [0.05, 0.1) is 6.07 Å². The molecule has 10 nitrogen and oxygen atoms in total. The standard InChI is InChI=1S/C31H44F2N6O4/c1-27(2,3)22(36-26(43)38-9-8-29(16-38)14-31(32,33)15-29)25(42)39-13-19-20(28(19,4)5)21(39)24(41)35-18(12-34)10-17-11-30(6-7-30)37-23(17)40/h17-22H,6-11,13-16H2,1-5H3,(H,35,41)(H,36,43)(H,37,40). The Morgan fingerprint density at radius 2 is 1.81 bits per heavy atom. The number of halogens is 2. The van der Waals surface area contributed by atoms with E-state index < -0.39 is 46.8 Å². The maximum absolute atomic E-state index is 14.2. The third kappa shape index (κ3) is 5.24. The summed E-state index contributed by atoms with van der Waals surface area (Å²) in [5.41, 5.74) is -1.53. The number of likely N-dealkylation sites (tertiary alicyclic amines) is 2. The van der Waals surface area contributed by atoms with Crippen molar-refractivity contribution < 1.29 is 28.0 Å². The van der Waals surface area contributed by atoms with Crippen molar-refractivity contribution in [3.05, 3.63) is 0 Å². The van der Waals surface area contributed by atoms with Crippen LogP contribution in [0.25, 0.3) is 0 Å². The molecule has 3 heterocycles. The van der Waals surface area contributed by atoms with Gasteiger partial charge in [-0.3, -0.25) is 14.4 Å². The molecule has 2 spiro atoms. The van der Waals surface area contributed by atoms with E-state index in [0.717, 1.165) is 12.8 Å². The molecule has 236 valence electrons. The zero-order valence-corrected chi connectivity index (χ0v) is 25.8. The molecule has 6 atom stereocenters. The third-order valence-corrected chi connectivity index (χ3v) is 11.4. The number of hydrogen-bond donors (Lipinski definition) is 3. The van der Waals surface area contributed by atoms with Gasteiger partial charge in [0.15, 0.2) is 0 Å². The van der Waals surface area contributed by atoms with Gasteiger partial charge in [-0.05, 0) is 54.8 Å². The van der Waals surface area contributed by atoms with Gasteiger partial charge in [-0.25, -0.2) is 13.6 Å². The molecule has 3 saturated carbocycles. The molecular weight excluding hydrogens is 558 g/mol. The Hall–Kier alpha value is -2.97. The molecule has 12 heteroatoms. The van der Waals surface area contributed by atoms with Crippen LogP contribution in [0.2, 0.25) is 0 Å². The van der Waals surface area contributed by atoms with Crippen molar-refractivity contribution in [1.82, 2.24) is 25.8 Å². The van der Waals surface area contributed by atoms with E-state index in [1.54, 1.807) is 4.90 Å². The Balaban J connectivity index is 1.14. The Morgan fingerprint density at radius 3 is 2.37 bits per heavy atom. The lowest BCUT2D eigenvalue weighted by Gasteiger charge is -2.44. The van der Waals surface area contributed by atoms with Crippen LogP contribution in [0.1, 0.15) is 79.6 Å². The van der Waals surface area contributed by atoms with E-state index in [1.165, 1.54) is 4.90 Å². The molecule has 0 aromatic carbocycles. The molecule has 0 aromatic heterocycles. The minimum Gasteiger partial charge on any atom is -0.350 e. The van der Waals surface area contributed by atoms with Crippen LogP contribution in [0.4, 0.5) is 13.6 Å². The number of nitrogens with zero attached hydrogens (tertiary/aromatic N) is 3. The fourth-order valence-corrected chi connectivity index (χ4v) is 8.62. The van der Waals surface area contributed by atoms with Crippen molar-refractivity contribution in [3.63, 3.8) is 0 Å². The largest absolute Gasteiger partial charge is 0.350 e. The maximum atomic E-state index is 14.2. The summed E-state index contributed by atoms with van der Waals surface area (Å²) < 4.78 is 27.2. The van der Waals surface area contributed by atoms with Crippen LogP contribution >= 0.6 is 0 Å². The first-order chi connectivity index (χ1) is 19.9. The molecule has 43 heavy (non-hydrogen) atoms. The number of rotatable bonds is 6. The van der Waals surface area contributed by atoms with Gasteiger partial charge in [-0.1, -0.05) is 34.6 Å². The van der Waals surface area contributed by atoms with Gasteiger partial charge >= 0.3 is 6.03 Å². The van der Waals surface area contributed by atoms with Crippen molar-refractivity contribution in [2.45, 2.75) is 109 Å². The highest BCUT2D eigenvalue weighted by atomic mass is 19.3. The van der Waals surface area contributed by atoms with Crippen molar-refractivity contribution in [2.24, 2.45) is 34.0 Å². The van der Waals surface area contributed by atoms with Crippen LogP contribution in [-0.2, 0) is 14.4 Å².